The number of aliphatic hydroxyl groups is 1. The highest BCUT2D eigenvalue weighted by Crippen LogP contribution is 2.41. The average Bonchev–Trinajstić information content (AvgIpc) is 2.45. The first kappa shape index (κ1) is 16.3. The van der Waals surface area contributed by atoms with Crippen LogP contribution < -0.4 is 9.47 Å². The number of hydrogen-bond donors (Lipinski definition) is 1. The Hall–Kier alpha value is -2.08. The number of ketones is 1. The third kappa shape index (κ3) is 2.78. The molecule has 0 spiro atoms. The molecule has 6 nitrogen and oxygen atoms in total. The lowest BCUT2D eigenvalue weighted by Gasteiger charge is -2.37. The lowest BCUT2D eigenvalue weighted by molar-refractivity contribution is -0.160. The number of rotatable bonds is 4. The molecule has 0 bridgehead atoms. The largest absolute Gasteiger partial charge is 0.496 e. The Morgan fingerprint density at radius 3 is 2.36 bits per heavy atom. The van der Waals surface area contributed by atoms with E-state index in [0.717, 1.165) is 0 Å². The van der Waals surface area contributed by atoms with Gasteiger partial charge in [0.05, 0.1) is 19.8 Å². The van der Waals surface area contributed by atoms with Crippen LogP contribution >= 0.6 is 0 Å². The van der Waals surface area contributed by atoms with E-state index >= 15 is 0 Å². The fourth-order valence-electron chi connectivity index (χ4n) is 2.83. The van der Waals surface area contributed by atoms with E-state index in [9.17, 15) is 14.7 Å². The van der Waals surface area contributed by atoms with Gasteiger partial charge in [0.25, 0.3) is 0 Å². The van der Waals surface area contributed by atoms with Crippen LogP contribution in [0, 0.1) is 0 Å². The number of hydrogen-bond acceptors (Lipinski definition) is 6. The van der Waals surface area contributed by atoms with Crippen LogP contribution in [0.2, 0.25) is 0 Å². The van der Waals surface area contributed by atoms with Gasteiger partial charge in [-0.15, -0.1) is 0 Å². The SMILES string of the molecule is COc1ccc(OC)c2c1C[C@@](O)(C(C)OC(C)=O)CC2=O. The van der Waals surface area contributed by atoms with E-state index in [0.29, 0.717) is 22.6 Å². The van der Waals surface area contributed by atoms with Gasteiger partial charge in [0.2, 0.25) is 0 Å². The zero-order chi connectivity index (χ0) is 16.5. The van der Waals surface area contributed by atoms with Gasteiger partial charge in [-0.1, -0.05) is 0 Å². The Bertz CT molecular complexity index is 609. The molecule has 1 aliphatic rings. The van der Waals surface area contributed by atoms with Crippen molar-refractivity contribution in [3.8, 4) is 11.5 Å². The maximum atomic E-state index is 12.5. The summed E-state index contributed by atoms with van der Waals surface area (Å²) in [6.07, 6.45) is -0.807. The molecule has 1 aromatic carbocycles. The van der Waals surface area contributed by atoms with Gasteiger partial charge in [-0.3, -0.25) is 9.59 Å². The van der Waals surface area contributed by atoms with Crippen LogP contribution in [0.25, 0.3) is 0 Å². The molecule has 0 saturated carbocycles. The second-order valence-electron chi connectivity index (χ2n) is 5.46. The van der Waals surface area contributed by atoms with E-state index in [4.69, 9.17) is 14.2 Å². The number of fused-ring (bicyclic) bond motifs is 1. The Kier molecular flexibility index (Phi) is 4.42. The minimum Gasteiger partial charge on any atom is -0.496 e. The zero-order valence-corrected chi connectivity index (χ0v) is 13.1. The first-order chi connectivity index (χ1) is 10.3. The molecule has 2 rings (SSSR count). The molecule has 0 amide bonds. The van der Waals surface area contributed by atoms with Gasteiger partial charge in [-0.05, 0) is 19.1 Å². The van der Waals surface area contributed by atoms with Gasteiger partial charge in [0, 0.05) is 25.3 Å². The molecule has 0 aliphatic heterocycles. The van der Waals surface area contributed by atoms with E-state index in [2.05, 4.69) is 0 Å². The summed E-state index contributed by atoms with van der Waals surface area (Å²) in [7, 11) is 2.98. The molecule has 6 heteroatoms. The summed E-state index contributed by atoms with van der Waals surface area (Å²) in [5, 5.41) is 10.8. The van der Waals surface area contributed by atoms with Crippen molar-refractivity contribution < 1.29 is 28.9 Å². The second kappa shape index (κ2) is 5.96. The van der Waals surface area contributed by atoms with Gasteiger partial charge in [0.15, 0.2) is 5.78 Å². The van der Waals surface area contributed by atoms with Crippen LogP contribution in [0.4, 0.5) is 0 Å². The molecular weight excluding hydrogens is 288 g/mol. The van der Waals surface area contributed by atoms with Crippen molar-refractivity contribution in [2.45, 2.75) is 38.4 Å². The number of carbonyl (C=O) groups excluding carboxylic acids is 2. The molecule has 1 N–H and O–H groups in total. The standard InChI is InChI=1S/C16H20O6/c1-9(22-10(2)17)16(19)7-11-13(20-3)5-6-14(21-4)15(11)12(18)8-16/h5-6,9,19H,7-8H2,1-4H3/t9?,16-/m0/s1. The van der Waals surface area contributed by atoms with Crippen LogP contribution in [-0.4, -0.2) is 42.8 Å². The summed E-state index contributed by atoms with van der Waals surface area (Å²) in [6, 6.07) is 3.35. The monoisotopic (exact) mass is 308 g/mol. The molecule has 1 aliphatic carbocycles. The van der Waals surface area contributed by atoms with Crippen molar-refractivity contribution in [1.82, 2.24) is 0 Å². The van der Waals surface area contributed by atoms with Crippen molar-refractivity contribution >= 4 is 11.8 Å². The molecular formula is C16H20O6. The summed E-state index contributed by atoms with van der Waals surface area (Å²) >= 11 is 0. The van der Waals surface area contributed by atoms with E-state index < -0.39 is 17.7 Å². The fourth-order valence-corrected chi connectivity index (χ4v) is 2.83. The van der Waals surface area contributed by atoms with Crippen LogP contribution in [-0.2, 0) is 16.0 Å². The average molecular weight is 308 g/mol. The molecule has 1 aromatic rings. The maximum Gasteiger partial charge on any atom is 0.302 e. The zero-order valence-electron chi connectivity index (χ0n) is 13.1. The van der Waals surface area contributed by atoms with Gasteiger partial charge in [-0.2, -0.15) is 0 Å². The minimum atomic E-state index is -1.46. The van der Waals surface area contributed by atoms with Gasteiger partial charge >= 0.3 is 5.97 Å². The molecule has 2 atom stereocenters. The molecule has 22 heavy (non-hydrogen) atoms. The minimum absolute atomic E-state index is 0.141. The molecule has 0 heterocycles. The van der Waals surface area contributed by atoms with Crippen LogP contribution in [0.15, 0.2) is 12.1 Å². The number of ether oxygens (including phenoxy) is 3. The summed E-state index contributed by atoms with van der Waals surface area (Å²) in [5.41, 5.74) is -0.476. The van der Waals surface area contributed by atoms with Crippen LogP contribution in [0.3, 0.4) is 0 Å². The highest BCUT2D eigenvalue weighted by molar-refractivity contribution is 6.02. The van der Waals surface area contributed by atoms with Gasteiger partial charge < -0.3 is 19.3 Å². The topological polar surface area (TPSA) is 82.1 Å². The Balaban J connectivity index is 2.48. The van der Waals surface area contributed by atoms with Gasteiger partial charge in [-0.25, -0.2) is 0 Å². The Morgan fingerprint density at radius 2 is 1.82 bits per heavy atom. The van der Waals surface area contributed by atoms with Crippen molar-refractivity contribution in [3.05, 3.63) is 23.3 Å². The number of carbonyl (C=O) groups is 2. The lowest BCUT2D eigenvalue weighted by Crippen LogP contribution is -2.49. The predicted octanol–water partition coefficient (Wildman–Crippen LogP) is 1.52. The van der Waals surface area contributed by atoms with Crippen LogP contribution in [0.5, 0.6) is 11.5 Å². The van der Waals surface area contributed by atoms with Crippen molar-refractivity contribution in [2.75, 3.05) is 14.2 Å². The number of esters is 1. The first-order valence-electron chi connectivity index (χ1n) is 6.99. The Morgan fingerprint density at radius 1 is 1.23 bits per heavy atom. The molecule has 0 radical (unpaired) electrons. The molecule has 0 saturated heterocycles. The third-order valence-corrected chi connectivity index (χ3v) is 4.00. The van der Waals surface area contributed by atoms with Crippen molar-refractivity contribution in [2.24, 2.45) is 0 Å². The summed E-state index contributed by atoms with van der Waals surface area (Å²) in [5.74, 6) is 0.176. The van der Waals surface area contributed by atoms with Gasteiger partial charge in [0.1, 0.15) is 23.2 Å². The lowest BCUT2D eigenvalue weighted by atomic mass is 9.76. The van der Waals surface area contributed by atoms with Crippen LogP contribution in [0.1, 0.15) is 36.2 Å². The molecule has 1 unspecified atom stereocenters. The summed E-state index contributed by atoms with van der Waals surface area (Å²) in [4.78, 5) is 23.6. The third-order valence-electron chi connectivity index (χ3n) is 4.00. The molecule has 0 aromatic heterocycles. The van der Waals surface area contributed by atoms with E-state index in [1.807, 2.05) is 0 Å². The number of methoxy groups -OCH3 is 2. The smallest absolute Gasteiger partial charge is 0.302 e. The first-order valence-corrected chi connectivity index (χ1v) is 6.99. The Labute approximate surface area is 129 Å². The summed E-state index contributed by atoms with van der Waals surface area (Å²) in [6.45, 7) is 2.84. The quantitative estimate of drug-likeness (QED) is 0.849. The second-order valence-corrected chi connectivity index (χ2v) is 5.46. The highest BCUT2D eigenvalue weighted by atomic mass is 16.6. The number of benzene rings is 1. The highest BCUT2D eigenvalue weighted by Gasteiger charge is 2.45. The van der Waals surface area contributed by atoms with Crippen molar-refractivity contribution in [1.29, 1.82) is 0 Å². The van der Waals surface area contributed by atoms with E-state index in [1.54, 1.807) is 19.1 Å². The number of Topliss-reactive ketones (excluding diaryl/α,β-unsaturated/α-hetero) is 1. The molecule has 0 fully saturated rings. The van der Waals surface area contributed by atoms with Crippen molar-refractivity contribution in [3.63, 3.8) is 0 Å². The normalized spacial score (nSPS) is 21.8. The maximum absolute atomic E-state index is 12.5. The van der Waals surface area contributed by atoms with E-state index in [1.165, 1.54) is 21.1 Å². The fraction of sp³-hybridized carbons (Fsp3) is 0.500. The van der Waals surface area contributed by atoms with E-state index in [-0.39, 0.29) is 18.6 Å². The molecule has 120 valence electrons. The summed E-state index contributed by atoms with van der Waals surface area (Å²) < 4.78 is 15.6. The predicted molar refractivity (Wildman–Crippen MR) is 78.4 cm³/mol.